The molecule has 0 aromatic heterocycles. The van der Waals surface area contributed by atoms with Crippen LogP contribution < -0.4 is 0 Å². The highest BCUT2D eigenvalue weighted by Gasteiger charge is 2.72. The summed E-state index contributed by atoms with van der Waals surface area (Å²) in [5.41, 5.74) is -2.64. The fourth-order valence-corrected chi connectivity index (χ4v) is 9.67. The van der Waals surface area contributed by atoms with Crippen molar-refractivity contribution in [1.82, 2.24) is 0 Å². The molecule has 0 radical (unpaired) electrons. The van der Waals surface area contributed by atoms with E-state index in [1.807, 2.05) is 0 Å². The number of hydrogen-bond donors (Lipinski definition) is 0. The Balaban J connectivity index is 1.33. The Morgan fingerprint density at radius 2 is 0.907 bits per heavy atom. The highest BCUT2D eigenvalue weighted by atomic mass is 16.6. The maximum atomic E-state index is 13.2. The van der Waals surface area contributed by atoms with E-state index in [0.29, 0.717) is 44.7 Å². The average molecular weight is 605 g/mol. The molecule has 8 heteroatoms. The van der Waals surface area contributed by atoms with E-state index < -0.39 is 22.4 Å². The van der Waals surface area contributed by atoms with Crippen LogP contribution in [0.5, 0.6) is 0 Å². The smallest absolute Gasteiger partial charge is 0.333 e. The summed E-state index contributed by atoms with van der Waals surface area (Å²) in [4.78, 5) is 13.2. The van der Waals surface area contributed by atoms with E-state index in [4.69, 9.17) is 33.2 Å². The molecule has 43 heavy (non-hydrogen) atoms. The van der Waals surface area contributed by atoms with Crippen molar-refractivity contribution < 1.29 is 38.0 Å². The van der Waals surface area contributed by atoms with Crippen LogP contribution in [0.2, 0.25) is 0 Å². The molecule has 0 aromatic rings. The number of ether oxygens (including phenoxy) is 7. The Hall–Kier alpha value is -1.03. The van der Waals surface area contributed by atoms with Gasteiger partial charge in [0.15, 0.2) is 0 Å². The van der Waals surface area contributed by atoms with Gasteiger partial charge >= 0.3 is 5.97 Å². The molecule has 244 valence electrons. The van der Waals surface area contributed by atoms with Crippen LogP contribution in [0.4, 0.5) is 0 Å². The molecule has 0 amide bonds. The van der Waals surface area contributed by atoms with Gasteiger partial charge in [0.25, 0.3) is 0 Å². The molecule has 7 fully saturated rings. The first-order valence-corrected chi connectivity index (χ1v) is 17.2. The lowest BCUT2D eigenvalue weighted by atomic mass is 9.48. The summed E-state index contributed by atoms with van der Waals surface area (Å²) in [6.45, 7) is 16.2. The summed E-state index contributed by atoms with van der Waals surface area (Å²) in [6, 6.07) is 0. The zero-order valence-corrected chi connectivity index (χ0v) is 27.3. The lowest BCUT2D eigenvalue weighted by Crippen LogP contribution is -2.75. The molecule has 8 nitrogen and oxygen atoms in total. The molecule has 7 rings (SSSR count). The second-order valence-electron chi connectivity index (χ2n) is 15.4. The Labute approximate surface area is 258 Å². The predicted molar refractivity (Wildman–Crippen MR) is 162 cm³/mol. The van der Waals surface area contributed by atoms with Crippen molar-refractivity contribution in [2.75, 3.05) is 39.6 Å². The van der Waals surface area contributed by atoms with E-state index >= 15 is 0 Å². The van der Waals surface area contributed by atoms with Crippen molar-refractivity contribution >= 4 is 5.97 Å². The summed E-state index contributed by atoms with van der Waals surface area (Å²) in [7, 11) is 0. The summed E-state index contributed by atoms with van der Waals surface area (Å²) in [6.07, 6.45) is 13.4. The summed E-state index contributed by atoms with van der Waals surface area (Å²) in [5.74, 6) is -0.346. The van der Waals surface area contributed by atoms with E-state index in [9.17, 15) is 4.79 Å². The van der Waals surface area contributed by atoms with Crippen molar-refractivity contribution in [3.8, 4) is 0 Å². The molecule has 0 N–H and O–H groups in total. The van der Waals surface area contributed by atoms with Gasteiger partial charge < -0.3 is 33.2 Å². The third-order valence-corrected chi connectivity index (χ3v) is 11.5. The number of carbonyl (C=O) groups excluding carboxylic acids is 1. The van der Waals surface area contributed by atoms with Crippen molar-refractivity contribution in [2.24, 2.45) is 0 Å². The SMILES string of the molecule is C=C(C)C(=O)OC12CC3(OCC4(CCC)CCO4)CC(OCC4(CCC)CCO4)(CC(OCC4(CCC)CCO4)(C3)C1)C2. The van der Waals surface area contributed by atoms with Gasteiger partial charge in [-0.25, -0.2) is 4.79 Å². The van der Waals surface area contributed by atoms with Crippen molar-refractivity contribution in [1.29, 1.82) is 0 Å². The topological polar surface area (TPSA) is 81.7 Å². The van der Waals surface area contributed by atoms with Crippen LogP contribution in [0.3, 0.4) is 0 Å². The minimum absolute atomic E-state index is 0.225. The maximum Gasteiger partial charge on any atom is 0.333 e. The molecule has 0 spiro atoms. The summed E-state index contributed by atoms with van der Waals surface area (Å²) >= 11 is 0. The second-order valence-corrected chi connectivity index (χ2v) is 15.4. The van der Waals surface area contributed by atoms with Gasteiger partial charge in [-0.05, 0) is 26.2 Å². The molecular weight excluding hydrogens is 548 g/mol. The monoisotopic (exact) mass is 604 g/mol. The molecule has 7 aliphatic rings. The van der Waals surface area contributed by atoms with Crippen LogP contribution in [-0.2, 0) is 38.0 Å². The molecule has 4 aliphatic carbocycles. The van der Waals surface area contributed by atoms with Crippen LogP contribution >= 0.6 is 0 Å². The zero-order chi connectivity index (χ0) is 30.5. The van der Waals surface area contributed by atoms with Gasteiger partial charge in [0, 0.05) is 63.4 Å². The van der Waals surface area contributed by atoms with E-state index in [2.05, 4.69) is 27.4 Å². The van der Waals surface area contributed by atoms with E-state index in [1.165, 1.54) is 0 Å². The van der Waals surface area contributed by atoms with Gasteiger partial charge in [-0.15, -0.1) is 0 Å². The lowest BCUT2D eigenvalue weighted by molar-refractivity contribution is -0.350. The largest absolute Gasteiger partial charge is 0.455 e. The maximum absolute atomic E-state index is 13.2. The van der Waals surface area contributed by atoms with Gasteiger partial charge in [-0.3, -0.25) is 0 Å². The Bertz CT molecular complexity index is 925. The third-order valence-electron chi connectivity index (χ3n) is 11.5. The first kappa shape index (κ1) is 31.9. The Morgan fingerprint density at radius 1 is 0.605 bits per heavy atom. The molecule has 3 atom stereocenters. The molecule has 3 aliphatic heterocycles. The predicted octanol–water partition coefficient (Wildman–Crippen LogP) is 6.37. The minimum Gasteiger partial charge on any atom is -0.455 e. The molecule has 4 saturated carbocycles. The zero-order valence-electron chi connectivity index (χ0n) is 27.3. The molecule has 3 saturated heterocycles. The summed E-state index contributed by atoms with van der Waals surface area (Å²) in [5, 5.41) is 0. The van der Waals surface area contributed by atoms with Crippen LogP contribution in [0.1, 0.15) is 124 Å². The third kappa shape index (κ3) is 6.10. The lowest BCUT2D eigenvalue weighted by Gasteiger charge is -2.69. The van der Waals surface area contributed by atoms with Gasteiger partial charge in [0.05, 0.1) is 73.2 Å². The molecular formula is C35H56O8. The van der Waals surface area contributed by atoms with E-state index in [1.54, 1.807) is 6.92 Å². The molecule has 0 aromatic carbocycles. The highest BCUT2D eigenvalue weighted by molar-refractivity contribution is 5.87. The molecule has 4 bridgehead atoms. The first-order chi connectivity index (χ1) is 20.5. The van der Waals surface area contributed by atoms with Crippen LogP contribution in [-0.4, -0.2) is 84.8 Å². The Kier molecular flexibility index (Phi) is 8.65. The van der Waals surface area contributed by atoms with Crippen molar-refractivity contribution in [3.05, 3.63) is 12.2 Å². The fraction of sp³-hybridized carbons (Fsp3) is 0.914. The standard InChI is InChI=1S/C35H56O8/c1-6-9-29(12-15-37-29)24-40-32-18-33(41-25-30(10-7-2)13-16-38-30)20-34(19-32,42-26-31(11-8-3)14-17-39-31)23-35(21-32,22-33)43-28(36)27(4)5/h4,6-26H2,1-3,5H3. The highest BCUT2D eigenvalue weighted by Crippen LogP contribution is 2.66. The Morgan fingerprint density at radius 3 is 1.14 bits per heavy atom. The van der Waals surface area contributed by atoms with Crippen LogP contribution in [0, 0.1) is 0 Å². The number of esters is 1. The number of rotatable bonds is 17. The molecule has 3 heterocycles. The quantitative estimate of drug-likeness (QED) is 0.140. The van der Waals surface area contributed by atoms with Gasteiger partial charge in [-0.1, -0.05) is 46.6 Å². The average Bonchev–Trinajstić information content (AvgIpc) is 2.87. The first-order valence-electron chi connectivity index (χ1n) is 17.2. The van der Waals surface area contributed by atoms with E-state index in [-0.39, 0.29) is 22.8 Å². The fourth-order valence-electron chi connectivity index (χ4n) is 9.67. The van der Waals surface area contributed by atoms with Crippen molar-refractivity contribution in [2.45, 2.75) is 163 Å². The van der Waals surface area contributed by atoms with Crippen LogP contribution in [0.15, 0.2) is 12.2 Å². The normalized spacial score (nSPS) is 44.4. The van der Waals surface area contributed by atoms with Crippen LogP contribution in [0.25, 0.3) is 0 Å². The van der Waals surface area contributed by atoms with Gasteiger partial charge in [0.1, 0.15) is 5.60 Å². The second kappa shape index (κ2) is 11.6. The van der Waals surface area contributed by atoms with Gasteiger partial charge in [-0.2, -0.15) is 0 Å². The molecule has 3 unspecified atom stereocenters. The number of hydrogen-bond acceptors (Lipinski definition) is 8. The summed E-state index contributed by atoms with van der Waals surface area (Å²) < 4.78 is 46.2. The van der Waals surface area contributed by atoms with Crippen molar-refractivity contribution in [3.63, 3.8) is 0 Å². The minimum atomic E-state index is -0.750. The van der Waals surface area contributed by atoms with E-state index in [0.717, 1.165) is 96.9 Å². The number of carbonyl (C=O) groups is 1. The van der Waals surface area contributed by atoms with Gasteiger partial charge in [0.2, 0.25) is 0 Å².